The Morgan fingerprint density at radius 3 is 2.43 bits per heavy atom. The largest absolute Gasteiger partial charge is 0.352 e. The molecule has 1 aliphatic rings. The zero-order valence-corrected chi connectivity index (χ0v) is 13.2. The monoisotopic (exact) mass is 312 g/mol. The fourth-order valence-corrected chi connectivity index (χ4v) is 2.72. The van der Waals surface area contributed by atoms with Crippen molar-refractivity contribution in [2.24, 2.45) is 0 Å². The summed E-state index contributed by atoms with van der Waals surface area (Å²) in [6, 6.07) is 16.2. The van der Waals surface area contributed by atoms with Gasteiger partial charge < -0.3 is 5.32 Å². The third-order valence-electron chi connectivity index (χ3n) is 4.07. The van der Waals surface area contributed by atoms with Crippen molar-refractivity contribution < 1.29 is 9.18 Å². The van der Waals surface area contributed by atoms with Crippen LogP contribution in [0.15, 0.2) is 54.6 Å². The van der Waals surface area contributed by atoms with E-state index in [4.69, 9.17) is 0 Å². The van der Waals surface area contributed by atoms with E-state index < -0.39 is 0 Å². The van der Waals surface area contributed by atoms with E-state index in [9.17, 15) is 9.18 Å². The SMILES string of the molecule is CN(Cc1ccc(F)cc1)[C@@H](C(=O)NC1CC1)c1ccccc1. The number of amides is 1. The maximum absolute atomic E-state index is 13.0. The van der Waals surface area contributed by atoms with Gasteiger partial charge in [-0.05, 0) is 43.1 Å². The summed E-state index contributed by atoms with van der Waals surface area (Å²) in [5.74, 6) is -0.217. The summed E-state index contributed by atoms with van der Waals surface area (Å²) >= 11 is 0. The molecule has 120 valence electrons. The quantitative estimate of drug-likeness (QED) is 0.888. The van der Waals surface area contributed by atoms with Crippen LogP contribution in [0.4, 0.5) is 4.39 Å². The van der Waals surface area contributed by atoms with Crippen LogP contribution in [-0.4, -0.2) is 23.9 Å². The first-order valence-electron chi connectivity index (χ1n) is 7.93. The lowest BCUT2D eigenvalue weighted by Gasteiger charge is -2.27. The number of rotatable bonds is 6. The van der Waals surface area contributed by atoms with Crippen molar-refractivity contribution in [3.05, 3.63) is 71.5 Å². The number of halogens is 1. The molecule has 0 aromatic heterocycles. The molecule has 0 saturated heterocycles. The summed E-state index contributed by atoms with van der Waals surface area (Å²) < 4.78 is 13.0. The minimum absolute atomic E-state index is 0.0308. The van der Waals surface area contributed by atoms with E-state index in [-0.39, 0.29) is 17.8 Å². The molecule has 0 spiro atoms. The number of carbonyl (C=O) groups is 1. The second-order valence-corrected chi connectivity index (χ2v) is 6.14. The van der Waals surface area contributed by atoms with E-state index in [1.54, 1.807) is 12.1 Å². The number of hydrogen-bond donors (Lipinski definition) is 1. The molecule has 23 heavy (non-hydrogen) atoms. The Kier molecular flexibility index (Phi) is 4.72. The molecule has 0 bridgehead atoms. The first-order valence-corrected chi connectivity index (χ1v) is 7.93. The highest BCUT2D eigenvalue weighted by molar-refractivity contribution is 5.83. The van der Waals surface area contributed by atoms with Crippen molar-refractivity contribution in [3.8, 4) is 0 Å². The topological polar surface area (TPSA) is 32.3 Å². The number of hydrogen-bond acceptors (Lipinski definition) is 2. The summed E-state index contributed by atoms with van der Waals surface area (Å²) in [5, 5.41) is 3.09. The van der Waals surface area contributed by atoms with Crippen LogP contribution in [0.2, 0.25) is 0 Å². The standard InChI is InChI=1S/C19H21FN2O/c1-22(13-14-7-9-16(20)10-8-14)18(15-5-3-2-4-6-15)19(23)21-17-11-12-17/h2-10,17-18H,11-13H2,1H3,(H,21,23)/t18-/m1/s1. The van der Waals surface area contributed by atoms with Crippen molar-refractivity contribution in [3.63, 3.8) is 0 Å². The highest BCUT2D eigenvalue weighted by Gasteiger charge is 2.30. The normalized spacial score (nSPS) is 15.4. The highest BCUT2D eigenvalue weighted by Crippen LogP contribution is 2.25. The molecular weight excluding hydrogens is 291 g/mol. The number of benzene rings is 2. The Morgan fingerprint density at radius 1 is 1.17 bits per heavy atom. The van der Waals surface area contributed by atoms with E-state index in [0.29, 0.717) is 12.6 Å². The molecule has 1 N–H and O–H groups in total. The summed E-state index contributed by atoms with van der Waals surface area (Å²) in [6.07, 6.45) is 2.13. The van der Waals surface area contributed by atoms with Gasteiger partial charge in [0.2, 0.25) is 5.91 Å². The first-order chi connectivity index (χ1) is 11.1. The molecule has 1 amide bonds. The van der Waals surface area contributed by atoms with Crippen LogP contribution < -0.4 is 5.32 Å². The van der Waals surface area contributed by atoms with E-state index in [0.717, 1.165) is 24.0 Å². The number of carbonyl (C=O) groups excluding carboxylic acids is 1. The Bertz CT molecular complexity index is 653. The maximum atomic E-state index is 13.0. The van der Waals surface area contributed by atoms with Gasteiger partial charge in [-0.3, -0.25) is 9.69 Å². The van der Waals surface area contributed by atoms with Gasteiger partial charge >= 0.3 is 0 Å². The van der Waals surface area contributed by atoms with Crippen LogP contribution in [-0.2, 0) is 11.3 Å². The molecule has 0 heterocycles. The highest BCUT2D eigenvalue weighted by atomic mass is 19.1. The Labute approximate surface area is 136 Å². The molecule has 1 saturated carbocycles. The van der Waals surface area contributed by atoms with Crippen molar-refractivity contribution in [1.82, 2.24) is 10.2 Å². The second kappa shape index (κ2) is 6.92. The van der Waals surface area contributed by atoms with E-state index in [2.05, 4.69) is 5.32 Å². The van der Waals surface area contributed by atoms with E-state index in [1.807, 2.05) is 42.3 Å². The lowest BCUT2D eigenvalue weighted by Crippen LogP contribution is -2.39. The maximum Gasteiger partial charge on any atom is 0.242 e. The van der Waals surface area contributed by atoms with Gasteiger partial charge in [0, 0.05) is 12.6 Å². The summed E-state index contributed by atoms with van der Waals surface area (Å²) in [7, 11) is 1.92. The predicted octanol–water partition coefficient (Wildman–Crippen LogP) is 3.28. The van der Waals surface area contributed by atoms with Crippen LogP contribution in [0.3, 0.4) is 0 Å². The van der Waals surface area contributed by atoms with Gasteiger partial charge in [-0.15, -0.1) is 0 Å². The lowest BCUT2D eigenvalue weighted by molar-refractivity contribution is -0.126. The molecule has 1 atom stereocenters. The molecule has 3 rings (SSSR count). The third kappa shape index (κ3) is 4.17. The van der Waals surface area contributed by atoms with Gasteiger partial charge in [-0.25, -0.2) is 4.39 Å². The minimum Gasteiger partial charge on any atom is -0.352 e. The summed E-state index contributed by atoms with van der Waals surface area (Å²) in [5.41, 5.74) is 1.95. The van der Waals surface area contributed by atoms with Crippen LogP contribution in [0, 0.1) is 5.82 Å². The fraction of sp³-hybridized carbons (Fsp3) is 0.316. The van der Waals surface area contributed by atoms with Gasteiger partial charge in [0.1, 0.15) is 11.9 Å². The zero-order chi connectivity index (χ0) is 16.2. The van der Waals surface area contributed by atoms with E-state index >= 15 is 0 Å². The average Bonchev–Trinajstić information content (AvgIpc) is 3.35. The van der Waals surface area contributed by atoms with Gasteiger partial charge in [-0.2, -0.15) is 0 Å². The molecule has 0 unspecified atom stereocenters. The number of likely N-dealkylation sites (N-methyl/N-ethyl adjacent to an activating group) is 1. The van der Waals surface area contributed by atoms with Crippen LogP contribution in [0.1, 0.15) is 30.0 Å². The molecule has 0 radical (unpaired) electrons. The Morgan fingerprint density at radius 2 is 1.83 bits per heavy atom. The van der Waals surface area contributed by atoms with E-state index in [1.165, 1.54) is 12.1 Å². The van der Waals surface area contributed by atoms with Crippen LogP contribution in [0.25, 0.3) is 0 Å². The smallest absolute Gasteiger partial charge is 0.242 e. The molecule has 4 heteroatoms. The molecule has 3 nitrogen and oxygen atoms in total. The number of nitrogens with one attached hydrogen (secondary N) is 1. The first kappa shape index (κ1) is 15.7. The fourth-order valence-electron chi connectivity index (χ4n) is 2.72. The molecule has 2 aromatic rings. The Balaban J connectivity index is 1.78. The molecule has 1 aliphatic carbocycles. The van der Waals surface area contributed by atoms with Crippen molar-refractivity contribution in [2.45, 2.75) is 31.5 Å². The number of nitrogens with zero attached hydrogens (tertiary/aromatic N) is 1. The summed E-state index contributed by atoms with van der Waals surface area (Å²) in [4.78, 5) is 14.7. The third-order valence-corrected chi connectivity index (χ3v) is 4.07. The summed E-state index contributed by atoms with van der Waals surface area (Å²) in [6.45, 7) is 0.581. The lowest BCUT2D eigenvalue weighted by atomic mass is 10.0. The molecular formula is C19H21FN2O. The van der Waals surface area contributed by atoms with Gasteiger partial charge in [-0.1, -0.05) is 42.5 Å². The second-order valence-electron chi connectivity index (χ2n) is 6.14. The van der Waals surface area contributed by atoms with Crippen molar-refractivity contribution in [1.29, 1.82) is 0 Å². The predicted molar refractivity (Wildman–Crippen MR) is 88.2 cm³/mol. The van der Waals surface area contributed by atoms with Crippen LogP contribution >= 0.6 is 0 Å². The van der Waals surface area contributed by atoms with Gasteiger partial charge in [0.15, 0.2) is 0 Å². The van der Waals surface area contributed by atoms with Gasteiger partial charge in [0.25, 0.3) is 0 Å². The molecule has 0 aliphatic heterocycles. The Hall–Kier alpha value is -2.20. The molecule has 2 aromatic carbocycles. The molecule has 1 fully saturated rings. The zero-order valence-electron chi connectivity index (χ0n) is 13.2. The van der Waals surface area contributed by atoms with Crippen molar-refractivity contribution in [2.75, 3.05) is 7.05 Å². The van der Waals surface area contributed by atoms with Crippen LogP contribution in [0.5, 0.6) is 0 Å². The van der Waals surface area contributed by atoms with Gasteiger partial charge in [0.05, 0.1) is 0 Å². The van der Waals surface area contributed by atoms with Crippen molar-refractivity contribution >= 4 is 5.91 Å². The average molecular weight is 312 g/mol. The minimum atomic E-state index is -0.346.